The fourth-order valence-electron chi connectivity index (χ4n) is 1.37. The molecule has 0 spiro atoms. The molecule has 0 fully saturated rings. The molecule has 1 amide bonds. The monoisotopic (exact) mass is 220 g/mol. The number of terminal acetylenes is 1. The van der Waals surface area contributed by atoms with Crippen molar-refractivity contribution in [2.45, 2.75) is 13.5 Å². The number of amides is 1. The maximum Gasteiger partial charge on any atom is 0.352 e. The van der Waals surface area contributed by atoms with E-state index in [0.717, 1.165) is 0 Å². The van der Waals surface area contributed by atoms with Crippen molar-refractivity contribution in [3.05, 3.63) is 23.5 Å². The van der Waals surface area contributed by atoms with E-state index in [-0.39, 0.29) is 24.7 Å². The van der Waals surface area contributed by atoms with Crippen LogP contribution in [0.3, 0.4) is 0 Å². The molecule has 0 saturated heterocycles. The van der Waals surface area contributed by atoms with Crippen LogP contribution in [0.1, 0.15) is 16.1 Å². The number of aromatic nitrogens is 1. The summed E-state index contributed by atoms with van der Waals surface area (Å²) in [6, 6.07) is 1.65. The van der Waals surface area contributed by atoms with E-state index < -0.39 is 5.97 Å². The normalized spacial score (nSPS) is 9.50. The molecule has 0 atom stereocenters. The molecule has 1 rings (SSSR count). The Morgan fingerprint density at radius 2 is 2.31 bits per heavy atom. The molecule has 0 aliphatic rings. The third-order valence-electron chi connectivity index (χ3n) is 2.07. The Labute approximate surface area is 93.1 Å². The van der Waals surface area contributed by atoms with Gasteiger partial charge in [-0.05, 0) is 18.6 Å². The van der Waals surface area contributed by atoms with Crippen LogP contribution in [0.2, 0.25) is 0 Å². The van der Waals surface area contributed by atoms with Crippen LogP contribution in [0.5, 0.6) is 0 Å². The van der Waals surface area contributed by atoms with Gasteiger partial charge >= 0.3 is 5.97 Å². The average Bonchev–Trinajstić information content (AvgIpc) is 2.56. The van der Waals surface area contributed by atoms with Gasteiger partial charge in [-0.25, -0.2) is 4.79 Å². The highest BCUT2D eigenvalue weighted by Crippen LogP contribution is 2.09. The second kappa shape index (κ2) is 5.03. The maximum absolute atomic E-state index is 11.3. The zero-order valence-corrected chi connectivity index (χ0v) is 8.86. The fourth-order valence-corrected chi connectivity index (χ4v) is 1.37. The summed E-state index contributed by atoms with van der Waals surface area (Å²) in [5.74, 6) is 0.911. The summed E-state index contributed by atoms with van der Waals surface area (Å²) >= 11 is 0. The van der Waals surface area contributed by atoms with Crippen molar-refractivity contribution in [3.63, 3.8) is 0 Å². The van der Waals surface area contributed by atoms with Crippen molar-refractivity contribution in [3.8, 4) is 12.3 Å². The highest BCUT2D eigenvalue weighted by molar-refractivity contribution is 5.88. The largest absolute Gasteiger partial charge is 0.477 e. The lowest BCUT2D eigenvalue weighted by atomic mass is 10.3. The van der Waals surface area contributed by atoms with E-state index in [9.17, 15) is 9.59 Å². The van der Waals surface area contributed by atoms with E-state index in [2.05, 4.69) is 11.2 Å². The van der Waals surface area contributed by atoms with Gasteiger partial charge in [0.2, 0.25) is 5.91 Å². The Balaban J connectivity index is 2.78. The zero-order chi connectivity index (χ0) is 12.1. The smallest absolute Gasteiger partial charge is 0.352 e. The molecule has 0 unspecified atom stereocenters. The Morgan fingerprint density at radius 1 is 1.62 bits per heavy atom. The minimum atomic E-state index is -1.05. The summed E-state index contributed by atoms with van der Waals surface area (Å²) in [6.07, 6.45) is 6.55. The van der Waals surface area contributed by atoms with Gasteiger partial charge in [-0.3, -0.25) is 4.79 Å². The first-order valence-corrected chi connectivity index (χ1v) is 4.65. The van der Waals surface area contributed by atoms with Crippen molar-refractivity contribution >= 4 is 11.9 Å². The number of nitrogens with one attached hydrogen (secondary N) is 1. The molecule has 1 aromatic heterocycles. The number of hydrogen-bond donors (Lipinski definition) is 2. The lowest BCUT2D eigenvalue weighted by molar-refractivity contribution is -0.121. The number of rotatable bonds is 4. The van der Waals surface area contributed by atoms with Gasteiger partial charge in [-0.2, -0.15) is 0 Å². The zero-order valence-electron chi connectivity index (χ0n) is 8.86. The lowest BCUT2D eigenvalue weighted by Crippen LogP contribution is -2.28. The van der Waals surface area contributed by atoms with Crippen LogP contribution in [-0.2, 0) is 11.3 Å². The van der Waals surface area contributed by atoms with Crippen molar-refractivity contribution in [1.82, 2.24) is 9.88 Å². The predicted molar refractivity (Wildman–Crippen MR) is 58.0 cm³/mol. The Morgan fingerprint density at radius 3 is 2.88 bits per heavy atom. The summed E-state index contributed by atoms with van der Waals surface area (Å²) in [7, 11) is 0. The number of carboxylic acids is 1. The van der Waals surface area contributed by atoms with Crippen LogP contribution in [0.15, 0.2) is 12.3 Å². The Kier molecular flexibility index (Phi) is 3.72. The van der Waals surface area contributed by atoms with E-state index in [1.54, 1.807) is 19.2 Å². The molecule has 0 bridgehead atoms. The van der Waals surface area contributed by atoms with Gasteiger partial charge in [-0.15, -0.1) is 6.42 Å². The van der Waals surface area contributed by atoms with Gasteiger partial charge in [0.15, 0.2) is 0 Å². The minimum Gasteiger partial charge on any atom is -0.477 e. The Bertz CT molecular complexity index is 454. The van der Waals surface area contributed by atoms with E-state index in [1.807, 2.05) is 0 Å². The molecular formula is C11H12N2O3. The van der Waals surface area contributed by atoms with E-state index in [0.29, 0.717) is 5.56 Å². The number of aromatic carboxylic acids is 1. The van der Waals surface area contributed by atoms with Gasteiger partial charge in [0.1, 0.15) is 12.2 Å². The molecule has 5 nitrogen and oxygen atoms in total. The van der Waals surface area contributed by atoms with Crippen molar-refractivity contribution in [2.75, 3.05) is 6.54 Å². The molecular weight excluding hydrogens is 208 g/mol. The fraction of sp³-hybridized carbons (Fsp3) is 0.273. The van der Waals surface area contributed by atoms with Crippen LogP contribution in [-0.4, -0.2) is 28.1 Å². The summed E-state index contributed by atoms with van der Waals surface area (Å²) in [5.41, 5.74) is 0.744. The number of nitrogens with zero attached hydrogens (tertiary/aromatic N) is 1. The lowest BCUT2D eigenvalue weighted by Gasteiger charge is -2.06. The van der Waals surface area contributed by atoms with Crippen molar-refractivity contribution in [2.24, 2.45) is 0 Å². The standard InChI is InChI=1S/C11H12N2O3/c1-3-5-12-9(14)7-13-6-4-8(2)10(13)11(15)16/h1,4,6H,5,7H2,2H3,(H,12,14)(H,15,16). The molecule has 5 heteroatoms. The van der Waals surface area contributed by atoms with Crippen LogP contribution >= 0.6 is 0 Å². The minimum absolute atomic E-state index is 0.0445. The molecule has 84 valence electrons. The van der Waals surface area contributed by atoms with Crippen LogP contribution < -0.4 is 5.32 Å². The van der Waals surface area contributed by atoms with E-state index in [1.165, 1.54) is 4.57 Å². The number of carboxylic acid groups (broad SMARTS) is 1. The molecule has 16 heavy (non-hydrogen) atoms. The first kappa shape index (κ1) is 11.9. The summed E-state index contributed by atoms with van der Waals surface area (Å²) in [6.45, 7) is 1.78. The predicted octanol–water partition coefficient (Wildman–Crippen LogP) is 0.244. The SMILES string of the molecule is C#CCNC(=O)Cn1ccc(C)c1C(=O)O. The van der Waals surface area contributed by atoms with Crippen LogP contribution in [0, 0.1) is 19.3 Å². The maximum atomic E-state index is 11.3. The second-order valence-electron chi connectivity index (χ2n) is 3.26. The molecule has 0 aliphatic heterocycles. The quantitative estimate of drug-likeness (QED) is 0.714. The topological polar surface area (TPSA) is 71.3 Å². The van der Waals surface area contributed by atoms with Crippen LogP contribution in [0.4, 0.5) is 0 Å². The van der Waals surface area contributed by atoms with Gasteiger partial charge in [0.05, 0.1) is 6.54 Å². The van der Waals surface area contributed by atoms with E-state index >= 15 is 0 Å². The molecule has 0 radical (unpaired) electrons. The van der Waals surface area contributed by atoms with Gasteiger partial charge < -0.3 is 15.0 Å². The highest BCUT2D eigenvalue weighted by Gasteiger charge is 2.14. The number of aryl methyl sites for hydroxylation is 1. The van der Waals surface area contributed by atoms with Crippen molar-refractivity contribution in [1.29, 1.82) is 0 Å². The Hall–Kier alpha value is -2.22. The molecule has 1 heterocycles. The molecule has 0 aromatic carbocycles. The summed E-state index contributed by atoms with van der Waals surface area (Å²) in [4.78, 5) is 22.2. The number of carbonyl (C=O) groups is 2. The first-order valence-electron chi connectivity index (χ1n) is 4.65. The summed E-state index contributed by atoms with van der Waals surface area (Å²) in [5, 5.41) is 11.4. The van der Waals surface area contributed by atoms with E-state index in [4.69, 9.17) is 11.5 Å². The second-order valence-corrected chi connectivity index (χ2v) is 3.26. The number of carbonyl (C=O) groups excluding carboxylic acids is 1. The van der Waals surface area contributed by atoms with Gasteiger partial charge in [0, 0.05) is 6.20 Å². The molecule has 1 aromatic rings. The van der Waals surface area contributed by atoms with Gasteiger partial charge in [-0.1, -0.05) is 5.92 Å². The highest BCUT2D eigenvalue weighted by atomic mass is 16.4. The molecule has 2 N–H and O–H groups in total. The van der Waals surface area contributed by atoms with Crippen LogP contribution in [0.25, 0.3) is 0 Å². The molecule has 0 aliphatic carbocycles. The summed E-state index contributed by atoms with van der Waals surface area (Å²) < 4.78 is 1.38. The van der Waals surface area contributed by atoms with Crippen molar-refractivity contribution < 1.29 is 14.7 Å². The number of hydrogen-bond acceptors (Lipinski definition) is 2. The van der Waals surface area contributed by atoms with Gasteiger partial charge in [0.25, 0.3) is 0 Å². The first-order chi connectivity index (χ1) is 7.56. The molecule has 0 saturated carbocycles. The third kappa shape index (κ3) is 2.64. The average molecular weight is 220 g/mol. The third-order valence-corrected chi connectivity index (χ3v) is 2.07.